The zero-order chi connectivity index (χ0) is 12.9. The summed E-state index contributed by atoms with van der Waals surface area (Å²) in [6, 6.07) is 8.90. The van der Waals surface area contributed by atoms with E-state index in [2.05, 4.69) is 34.5 Å². The molecule has 1 aliphatic heterocycles. The second-order valence-corrected chi connectivity index (χ2v) is 6.09. The van der Waals surface area contributed by atoms with Gasteiger partial charge in [-0.3, -0.25) is 0 Å². The summed E-state index contributed by atoms with van der Waals surface area (Å²) in [6.07, 6.45) is 8.44. The van der Waals surface area contributed by atoms with Gasteiger partial charge in [0.1, 0.15) is 0 Å². The first kappa shape index (κ1) is 13.0. The Balaban J connectivity index is 1.48. The van der Waals surface area contributed by atoms with Gasteiger partial charge in [0.05, 0.1) is 0 Å². The molecule has 19 heavy (non-hydrogen) atoms. The molecule has 0 amide bonds. The molecule has 1 saturated carbocycles. The van der Waals surface area contributed by atoms with E-state index in [4.69, 9.17) is 0 Å². The molecule has 1 N–H and O–H groups in total. The number of rotatable bonds is 7. The van der Waals surface area contributed by atoms with Crippen LogP contribution >= 0.6 is 0 Å². The second-order valence-electron chi connectivity index (χ2n) is 6.09. The van der Waals surface area contributed by atoms with E-state index >= 15 is 0 Å². The number of anilines is 1. The van der Waals surface area contributed by atoms with E-state index in [1.165, 1.54) is 69.4 Å². The van der Waals surface area contributed by atoms with Gasteiger partial charge in [-0.05, 0) is 49.8 Å². The first-order valence-corrected chi connectivity index (χ1v) is 7.97. The molecule has 1 heterocycles. The summed E-state index contributed by atoms with van der Waals surface area (Å²) in [7, 11) is 0. The molecule has 2 aliphatic rings. The molecule has 1 aromatic rings. The lowest BCUT2D eigenvalue weighted by Crippen LogP contribution is -2.22. The Kier molecular flexibility index (Phi) is 4.39. The van der Waals surface area contributed by atoms with Crippen LogP contribution in [0.15, 0.2) is 24.3 Å². The summed E-state index contributed by atoms with van der Waals surface area (Å²) in [5, 5.41) is 3.62. The summed E-state index contributed by atoms with van der Waals surface area (Å²) >= 11 is 0. The molecule has 1 saturated heterocycles. The highest BCUT2D eigenvalue weighted by Gasteiger charge is 2.20. The molecular weight excluding hydrogens is 232 g/mol. The molecule has 2 fully saturated rings. The molecule has 1 aromatic carbocycles. The average Bonchev–Trinajstić information content (AvgIpc) is 3.11. The topological polar surface area (TPSA) is 15.3 Å². The van der Waals surface area contributed by atoms with Crippen LogP contribution < -0.4 is 10.2 Å². The van der Waals surface area contributed by atoms with Crippen molar-refractivity contribution in [2.75, 3.05) is 24.5 Å². The Bertz CT molecular complexity index is 392. The predicted molar refractivity (Wildman–Crippen MR) is 81.6 cm³/mol. The monoisotopic (exact) mass is 258 g/mol. The van der Waals surface area contributed by atoms with Crippen molar-refractivity contribution in [3.05, 3.63) is 29.8 Å². The Morgan fingerprint density at radius 1 is 1.11 bits per heavy atom. The zero-order valence-corrected chi connectivity index (χ0v) is 11.9. The van der Waals surface area contributed by atoms with Gasteiger partial charge in [-0.15, -0.1) is 0 Å². The molecule has 0 bridgehead atoms. The van der Waals surface area contributed by atoms with Gasteiger partial charge < -0.3 is 10.2 Å². The summed E-state index contributed by atoms with van der Waals surface area (Å²) in [4.78, 5) is 2.54. The van der Waals surface area contributed by atoms with E-state index < -0.39 is 0 Å². The van der Waals surface area contributed by atoms with Crippen molar-refractivity contribution < 1.29 is 0 Å². The van der Waals surface area contributed by atoms with E-state index in [0.717, 1.165) is 12.5 Å². The number of hydrogen-bond donors (Lipinski definition) is 1. The van der Waals surface area contributed by atoms with Crippen LogP contribution in [0.3, 0.4) is 0 Å². The smallest absolute Gasteiger partial charge is 0.0411 e. The lowest BCUT2D eigenvalue weighted by molar-refractivity contribution is 0.593. The maximum atomic E-state index is 3.62. The Morgan fingerprint density at radius 3 is 2.68 bits per heavy atom. The van der Waals surface area contributed by atoms with Gasteiger partial charge in [0.15, 0.2) is 0 Å². The molecule has 0 aromatic heterocycles. The molecule has 0 radical (unpaired) electrons. The molecular formula is C17H26N2. The van der Waals surface area contributed by atoms with Crippen LogP contribution in [0, 0.1) is 5.92 Å². The van der Waals surface area contributed by atoms with E-state index in [1.807, 2.05) is 0 Å². The molecule has 0 spiro atoms. The second kappa shape index (κ2) is 6.42. The quantitative estimate of drug-likeness (QED) is 0.752. The van der Waals surface area contributed by atoms with Gasteiger partial charge in [-0.2, -0.15) is 0 Å². The Hall–Kier alpha value is -1.02. The largest absolute Gasteiger partial charge is 0.371 e. The minimum absolute atomic E-state index is 1.03. The minimum atomic E-state index is 1.03. The van der Waals surface area contributed by atoms with Crippen molar-refractivity contribution in [3.63, 3.8) is 0 Å². The fraction of sp³-hybridized carbons (Fsp3) is 0.647. The van der Waals surface area contributed by atoms with Crippen molar-refractivity contribution in [2.45, 2.75) is 45.1 Å². The summed E-state index contributed by atoms with van der Waals surface area (Å²) in [5.74, 6) is 1.07. The SMILES string of the molecule is c1ccc(N2CCCC2)c(CNCCCC2CC2)c1. The van der Waals surface area contributed by atoms with Crippen molar-refractivity contribution in [1.82, 2.24) is 5.32 Å². The number of benzene rings is 1. The number of hydrogen-bond acceptors (Lipinski definition) is 2. The van der Waals surface area contributed by atoms with E-state index in [1.54, 1.807) is 0 Å². The van der Waals surface area contributed by atoms with Gasteiger partial charge >= 0.3 is 0 Å². The standard InChI is InChI=1S/C17H26N2/c1-2-8-17(19-12-3-4-13-19)16(7-1)14-18-11-5-6-15-9-10-15/h1-2,7-8,15,18H,3-6,9-14H2. The van der Waals surface area contributed by atoms with Crippen LogP contribution in [0.1, 0.15) is 44.1 Å². The van der Waals surface area contributed by atoms with Gasteiger partial charge in [0, 0.05) is 25.3 Å². The molecule has 0 atom stereocenters. The average molecular weight is 258 g/mol. The van der Waals surface area contributed by atoms with E-state index in [9.17, 15) is 0 Å². The minimum Gasteiger partial charge on any atom is -0.371 e. The Labute approximate surface area is 117 Å². The molecule has 2 nitrogen and oxygen atoms in total. The van der Waals surface area contributed by atoms with Crippen molar-refractivity contribution in [2.24, 2.45) is 5.92 Å². The molecule has 0 unspecified atom stereocenters. The molecule has 2 heteroatoms. The van der Waals surface area contributed by atoms with E-state index in [0.29, 0.717) is 0 Å². The van der Waals surface area contributed by atoms with E-state index in [-0.39, 0.29) is 0 Å². The van der Waals surface area contributed by atoms with Crippen molar-refractivity contribution >= 4 is 5.69 Å². The van der Waals surface area contributed by atoms with Crippen molar-refractivity contribution in [3.8, 4) is 0 Å². The van der Waals surface area contributed by atoms with Crippen LogP contribution in [0.5, 0.6) is 0 Å². The fourth-order valence-corrected chi connectivity index (χ4v) is 3.07. The van der Waals surface area contributed by atoms with Gasteiger partial charge in [-0.25, -0.2) is 0 Å². The van der Waals surface area contributed by atoms with Crippen LogP contribution in [0.4, 0.5) is 5.69 Å². The highest BCUT2D eigenvalue weighted by atomic mass is 15.1. The summed E-state index contributed by atoms with van der Waals surface area (Å²) < 4.78 is 0. The highest BCUT2D eigenvalue weighted by molar-refractivity contribution is 5.54. The normalized spacial score (nSPS) is 19.1. The van der Waals surface area contributed by atoms with Crippen LogP contribution in [0.2, 0.25) is 0 Å². The third-order valence-corrected chi connectivity index (χ3v) is 4.42. The zero-order valence-electron chi connectivity index (χ0n) is 11.9. The van der Waals surface area contributed by atoms with Crippen LogP contribution in [-0.2, 0) is 6.54 Å². The molecule has 3 rings (SSSR count). The molecule has 1 aliphatic carbocycles. The summed E-state index contributed by atoms with van der Waals surface area (Å²) in [6.45, 7) is 4.67. The first-order chi connectivity index (χ1) is 9.43. The van der Waals surface area contributed by atoms with Crippen LogP contribution in [-0.4, -0.2) is 19.6 Å². The van der Waals surface area contributed by atoms with Gasteiger partial charge in [-0.1, -0.05) is 31.0 Å². The third kappa shape index (κ3) is 3.73. The predicted octanol–water partition coefficient (Wildman–Crippen LogP) is 3.57. The maximum absolute atomic E-state index is 3.62. The number of para-hydroxylation sites is 1. The highest BCUT2D eigenvalue weighted by Crippen LogP contribution is 2.33. The van der Waals surface area contributed by atoms with Gasteiger partial charge in [0.2, 0.25) is 0 Å². The number of nitrogens with one attached hydrogen (secondary N) is 1. The Morgan fingerprint density at radius 2 is 1.89 bits per heavy atom. The lowest BCUT2D eigenvalue weighted by atomic mass is 10.1. The van der Waals surface area contributed by atoms with Crippen molar-refractivity contribution in [1.29, 1.82) is 0 Å². The van der Waals surface area contributed by atoms with Crippen LogP contribution in [0.25, 0.3) is 0 Å². The fourth-order valence-electron chi connectivity index (χ4n) is 3.07. The third-order valence-electron chi connectivity index (χ3n) is 4.42. The van der Waals surface area contributed by atoms with Gasteiger partial charge in [0.25, 0.3) is 0 Å². The first-order valence-electron chi connectivity index (χ1n) is 7.97. The summed E-state index contributed by atoms with van der Waals surface area (Å²) in [5.41, 5.74) is 2.92. The number of nitrogens with zero attached hydrogens (tertiary/aromatic N) is 1. The molecule has 104 valence electrons. The lowest BCUT2D eigenvalue weighted by Gasteiger charge is -2.21. The maximum Gasteiger partial charge on any atom is 0.0411 e.